The van der Waals surface area contributed by atoms with E-state index in [1.807, 2.05) is 49.9 Å². The summed E-state index contributed by atoms with van der Waals surface area (Å²) in [5.74, 6) is -0.290. The van der Waals surface area contributed by atoms with Gasteiger partial charge in [0, 0.05) is 45.3 Å². The third kappa shape index (κ3) is 8.04. The molecule has 2 N–H and O–H groups in total. The van der Waals surface area contributed by atoms with Gasteiger partial charge in [0.25, 0.3) is 5.91 Å². The zero-order valence-electron chi connectivity index (χ0n) is 26.8. The van der Waals surface area contributed by atoms with Crippen molar-refractivity contribution >= 4 is 46.8 Å². The minimum atomic E-state index is -1.09. The number of anilines is 3. The van der Waals surface area contributed by atoms with Crippen molar-refractivity contribution in [1.29, 1.82) is 0 Å². The molecule has 246 valence electrons. The molecule has 0 saturated carbocycles. The van der Waals surface area contributed by atoms with Crippen LogP contribution < -0.4 is 19.9 Å². The van der Waals surface area contributed by atoms with Gasteiger partial charge in [-0.1, -0.05) is 18.2 Å². The largest absolute Gasteiger partial charge is 0.480 e. The average molecular weight is 658 g/mol. The van der Waals surface area contributed by atoms with Crippen molar-refractivity contribution in [1.82, 2.24) is 19.9 Å². The molecule has 5 rings (SSSR count). The van der Waals surface area contributed by atoms with E-state index >= 15 is 0 Å². The SMILES string of the molecule is CCN(CC)c1ncc(N(CC)C(=O)c2ccc(-c3ccccn3)s2)c(N[C@@H](Cc2ccc(OC(=O)N3CCCC3)cc2)C(=O)O)n1. The first-order chi connectivity index (χ1) is 22.8. The summed E-state index contributed by atoms with van der Waals surface area (Å²) in [6.07, 6.45) is 4.93. The lowest BCUT2D eigenvalue weighted by Gasteiger charge is -2.26. The van der Waals surface area contributed by atoms with Crippen LogP contribution in [0.5, 0.6) is 5.75 Å². The number of aromatic nitrogens is 3. The minimum absolute atomic E-state index is 0.109. The fourth-order valence-electron chi connectivity index (χ4n) is 5.34. The fourth-order valence-corrected chi connectivity index (χ4v) is 6.28. The van der Waals surface area contributed by atoms with Gasteiger partial charge in [-0.2, -0.15) is 4.98 Å². The number of carboxylic acid groups (broad SMARTS) is 1. The standard InChI is InChI=1S/C34H39N7O5S/c1-4-39(5-2)33-36-22-27(41(6-3)31(42)29-17-16-28(47-29)25-11-7-8-18-35-25)30(38-33)37-26(32(43)44)21-23-12-14-24(15-13-23)46-34(45)40-19-9-10-20-40/h7-8,11-18,22,26H,4-6,9-10,19-21H2,1-3H3,(H,43,44)(H,36,37,38)/t26-/m0/s1. The number of nitrogens with one attached hydrogen (secondary N) is 1. The number of thiophene rings is 1. The van der Waals surface area contributed by atoms with Crippen molar-refractivity contribution < 1.29 is 24.2 Å². The Kier molecular flexibility index (Phi) is 11.0. The number of rotatable bonds is 13. The second-order valence-corrected chi connectivity index (χ2v) is 12.0. The molecule has 0 radical (unpaired) electrons. The van der Waals surface area contributed by atoms with Crippen molar-refractivity contribution in [2.24, 2.45) is 0 Å². The lowest BCUT2D eigenvalue weighted by Crippen LogP contribution is -2.36. The summed E-state index contributed by atoms with van der Waals surface area (Å²) >= 11 is 1.33. The Labute approximate surface area is 278 Å². The molecule has 1 aliphatic heterocycles. The van der Waals surface area contributed by atoms with Crippen LogP contribution in [-0.4, -0.2) is 81.7 Å². The number of hydrogen-bond acceptors (Lipinski definition) is 10. The molecule has 1 atom stereocenters. The number of aliphatic carboxylic acids is 1. The maximum absolute atomic E-state index is 13.9. The van der Waals surface area contributed by atoms with Crippen molar-refractivity contribution in [3.63, 3.8) is 0 Å². The van der Waals surface area contributed by atoms with Gasteiger partial charge in [-0.15, -0.1) is 11.3 Å². The summed E-state index contributed by atoms with van der Waals surface area (Å²) in [5, 5.41) is 13.4. The van der Waals surface area contributed by atoms with Crippen molar-refractivity contribution in [3.8, 4) is 16.3 Å². The van der Waals surface area contributed by atoms with E-state index in [-0.39, 0.29) is 24.2 Å². The molecule has 1 aliphatic rings. The zero-order valence-corrected chi connectivity index (χ0v) is 27.6. The first-order valence-electron chi connectivity index (χ1n) is 15.8. The lowest BCUT2D eigenvalue weighted by molar-refractivity contribution is -0.137. The Morgan fingerprint density at radius 1 is 0.979 bits per heavy atom. The van der Waals surface area contributed by atoms with Gasteiger partial charge < -0.3 is 29.9 Å². The smallest absolute Gasteiger partial charge is 0.415 e. The lowest BCUT2D eigenvalue weighted by atomic mass is 10.1. The quantitative estimate of drug-likeness (QED) is 0.181. The Morgan fingerprint density at radius 2 is 1.72 bits per heavy atom. The molecule has 12 nitrogen and oxygen atoms in total. The second kappa shape index (κ2) is 15.5. The number of hydrogen-bond donors (Lipinski definition) is 2. The fraction of sp³-hybridized carbons (Fsp3) is 0.353. The van der Waals surface area contributed by atoms with Crippen LogP contribution in [0.25, 0.3) is 10.6 Å². The van der Waals surface area contributed by atoms with Gasteiger partial charge in [-0.25, -0.2) is 14.6 Å². The topological polar surface area (TPSA) is 141 Å². The van der Waals surface area contributed by atoms with Crippen LogP contribution in [0.2, 0.25) is 0 Å². The molecule has 2 amide bonds. The first kappa shape index (κ1) is 33.3. The van der Waals surface area contributed by atoms with Gasteiger partial charge in [0.05, 0.1) is 21.6 Å². The number of nitrogens with zero attached hydrogens (tertiary/aromatic N) is 6. The Morgan fingerprint density at radius 3 is 2.36 bits per heavy atom. The van der Waals surface area contributed by atoms with Gasteiger partial charge >= 0.3 is 12.1 Å². The third-order valence-electron chi connectivity index (χ3n) is 7.93. The molecular formula is C34H39N7O5S. The monoisotopic (exact) mass is 657 g/mol. The molecule has 0 spiro atoms. The third-order valence-corrected chi connectivity index (χ3v) is 9.03. The van der Waals surface area contributed by atoms with Gasteiger partial charge in [0.15, 0.2) is 5.82 Å². The van der Waals surface area contributed by atoms with E-state index in [9.17, 15) is 19.5 Å². The van der Waals surface area contributed by atoms with Crippen LogP contribution in [0.3, 0.4) is 0 Å². The summed E-state index contributed by atoms with van der Waals surface area (Å²) in [6.45, 7) is 8.78. The van der Waals surface area contributed by atoms with E-state index in [2.05, 4.69) is 15.3 Å². The maximum atomic E-state index is 13.9. The van der Waals surface area contributed by atoms with Gasteiger partial charge in [0.1, 0.15) is 17.5 Å². The molecular weight excluding hydrogens is 618 g/mol. The molecule has 0 bridgehead atoms. The molecule has 1 aromatic carbocycles. The van der Waals surface area contributed by atoms with Crippen molar-refractivity contribution in [3.05, 3.63) is 77.4 Å². The highest BCUT2D eigenvalue weighted by Gasteiger charge is 2.27. The molecule has 4 heterocycles. The normalized spacial score (nSPS) is 13.2. The molecule has 0 unspecified atom stereocenters. The number of amides is 2. The highest BCUT2D eigenvalue weighted by molar-refractivity contribution is 7.17. The Hall–Kier alpha value is -5.04. The number of carbonyl (C=O) groups is 3. The molecule has 0 aliphatic carbocycles. The van der Waals surface area contributed by atoms with Gasteiger partial charge in [0.2, 0.25) is 5.95 Å². The number of carbonyl (C=O) groups excluding carboxylic acids is 2. The zero-order chi connectivity index (χ0) is 33.3. The molecule has 1 saturated heterocycles. The van der Waals surface area contributed by atoms with Crippen molar-refractivity contribution in [2.45, 2.75) is 46.1 Å². The van der Waals surface area contributed by atoms with E-state index < -0.39 is 12.0 Å². The minimum Gasteiger partial charge on any atom is -0.480 e. The summed E-state index contributed by atoms with van der Waals surface area (Å²) in [7, 11) is 0. The maximum Gasteiger partial charge on any atom is 0.415 e. The predicted octanol–water partition coefficient (Wildman–Crippen LogP) is 5.82. The summed E-state index contributed by atoms with van der Waals surface area (Å²) in [5.41, 5.74) is 1.86. The highest BCUT2D eigenvalue weighted by atomic mass is 32.1. The Bertz CT molecular complexity index is 1670. The van der Waals surface area contributed by atoms with Gasteiger partial charge in [-0.05, 0) is 75.6 Å². The predicted molar refractivity (Wildman–Crippen MR) is 183 cm³/mol. The molecule has 13 heteroatoms. The van der Waals surface area contributed by atoms with E-state index in [1.165, 1.54) is 11.3 Å². The number of benzene rings is 1. The first-order valence-corrected chi connectivity index (χ1v) is 16.6. The summed E-state index contributed by atoms with van der Waals surface area (Å²) < 4.78 is 5.49. The Balaban J connectivity index is 1.39. The van der Waals surface area contributed by atoms with Crippen LogP contribution in [0, 0.1) is 0 Å². The highest BCUT2D eigenvalue weighted by Crippen LogP contribution is 2.32. The van der Waals surface area contributed by atoms with E-state index in [4.69, 9.17) is 9.72 Å². The van der Waals surface area contributed by atoms with Crippen LogP contribution >= 0.6 is 11.3 Å². The average Bonchev–Trinajstić information content (AvgIpc) is 3.81. The second-order valence-electron chi connectivity index (χ2n) is 10.9. The number of pyridine rings is 1. The summed E-state index contributed by atoms with van der Waals surface area (Å²) in [6, 6.07) is 15.0. The molecule has 3 aromatic heterocycles. The van der Waals surface area contributed by atoms with E-state index in [1.54, 1.807) is 52.5 Å². The van der Waals surface area contributed by atoms with Gasteiger partial charge in [-0.3, -0.25) is 9.78 Å². The number of likely N-dealkylation sites (tertiary alicyclic amines) is 1. The van der Waals surface area contributed by atoms with Crippen molar-refractivity contribution in [2.75, 3.05) is 47.8 Å². The molecule has 1 fully saturated rings. The molecule has 47 heavy (non-hydrogen) atoms. The van der Waals surface area contributed by atoms with E-state index in [0.29, 0.717) is 55.0 Å². The van der Waals surface area contributed by atoms with Crippen LogP contribution in [0.4, 0.5) is 22.2 Å². The molecule has 4 aromatic rings. The van der Waals surface area contributed by atoms with Crippen LogP contribution in [-0.2, 0) is 11.2 Å². The van der Waals surface area contributed by atoms with E-state index in [0.717, 1.165) is 29.0 Å². The van der Waals surface area contributed by atoms with Crippen LogP contribution in [0.15, 0.2) is 67.0 Å². The number of ether oxygens (including phenoxy) is 1. The van der Waals surface area contributed by atoms with Crippen LogP contribution in [0.1, 0.15) is 48.8 Å². The number of carboxylic acids is 1. The summed E-state index contributed by atoms with van der Waals surface area (Å²) in [4.78, 5) is 59.0.